The summed E-state index contributed by atoms with van der Waals surface area (Å²) >= 11 is 2.74. The van der Waals surface area contributed by atoms with E-state index < -0.39 is 17.6 Å². The van der Waals surface area contributed by atoms with Gasteiger partial charge in [-0.3, -0.25) is 9.36 Å². The summed E-state index contributed by atoms with van der Waals surface area (Å²) in [5, 5.41) is 13.4. The van der Waals surface area contributed by atoms with Gasteiger partial charge in [-0.1, -0.05) is 23.9 Å². The molecule has 0 aliphatic rings. The van der Waals surface area contributed by atoms with Gasteiger partial charge in [-0.25, -0.2) is 0 Å². The lowest BCUT2D eigenvalue weighted by Crippen LogP contribution is -2.15. The molecule has 0 unspecified atom stereocenters. The lowest BCUT2D eigenvalue weighted by Gasteiger charge is -2.13. The maximum atomic E-state index is 12.8. The van der Waals surface area contributed by atoms with Gasteiger partial charge in [0.2, 0.25) is 5.91 Å². The fraction of sp³-hybridized carbons (Fsp3) is 0.278. The van der Waals surface area contributed by atoms with E-state index in [0.717, 1.165) is 22.8 Å². The predicted molar refractivity (Wildman–Crippen MR) is 105 cm³/mol. The van der Waals surface area contributed by atoms with Gasteiger partial charge in [-0.2, -0.15) is 13.2 Å². The molecule has 1 amide bonds. The molecule has 0 bridgehead atoms. The zero-order valence-corrected chi connectivity index (χ0v) is 16.7. The van der Waals surface area contributed by atoms with Crippen molar-refractivity contribution in [3.63, 3.8) is 0 Å². The van der Waals surface area contributed by atoms with Crippen molar-refractivity contribution in [2.24, 2.45) is 0 Å². The average Bonchev–Trinajstić information content (AvgIpc) is 3.28. The number of nitrogens with one attached hydrogen (secondary N) is 1. The third-order valence-corrected chi connectivity index (χ3v) is 5.54. The van der Waals surface area contributed by atoms with E-state index in [1.165, 1.54) is 23.9 Å². The molecule has 1 aromatic carbocycles. The van der Waals surface area contributed by atoms with Crippen molar-refractivity contribution in [1.82, 2.24) is 14.8 Å². The summed E-state index contributed by atoms with van der Waals surface area (Å²) in [5.41, 5.74) is -0.705. The Morgan fingerprint density at radius 2 is 2.04 bits per heavy atom. The van der Waals surface area contributed by atoms with Gasteiger partial charge in [-0.15, -0.1) is 21.5 Å². The topological polar surface area (TPSA) is 59.8 Å². The van der Waals surface area contributed by atoms with E-state index in [0.29, 0.717) is 5.16 Å². The molecule has 0 radical (unpaired) electrons. The van der Waals surface area contributed by atoms with Gasteiger partial charge in [0.1, 0.15) is 0 Å². The minimum Gasteiger partial charge on any atom is -0.325 e. The van der Waals surface area contributed by atoms with E-state index in [2.05, 4.69) is 15.5 Å². The number of anilines is 1. The summed E-state index contributed by atoms with van der Waals surface area (Å²) < 4.78 is 40.3. The Morgan fingerprint density at radius 3 is 2.68 bits per heavy atom. The Bertz CT molecular complexity index is 952. The second kappa shape index (κ2) is 8.36. The SMILES string of the molecule is CC(C)n1c(SCC(=O)Nc2cccc(C(F)(F)F)c2)nnc1-c1cccs1. The largest absolute Gasteiger partial charge is 0.416 e. The number of rotatable bonds is 6. The molecule has 2 heterocycles. The number of carbonyl (C=O) groups is 1. The molecule has 0 fully saturated rings. The van der Waals surface area contributed by atoms with E-state index in [4.69, 9.17) is 0 Å². The van der Waals surface area contributed by atoms with Crippen LogP contribution >= 0.6 is 23.1 Å². The number of halogens is 3. The standard InChI is InChI=1S/C18H17F3N4OS2/c1-11(2)25-16(14-7-4-8-27-14)23-24-17(25)28-10-15(26)22-13-6-3-5-12(9-13)18(19,20)21/h3-9,11H,10H2,1-2H3,(H,22,26). The molecule has 3 rings (SSSR count). The number of carbonyl (C=O) groups excluding carboxylic acids is 1. The molecule has 10 heteroatoms. The third-order valence-electron chi connectivity index (χ3n) is 3.73. The van der Waals surface area contributed by atoms with E-state index in [1.54, 1.807) is 11.3 Å². The fourth-order valence-corrected chi connectivity index (χ4v) is 4.09. The maximum absolute atomic E-state index is 12.8. The first-order valence-electron chi connectivity index (χ1n) is 8.34. The molecule has 0 spiro atoms. The molecule has 3 aromatic rings. The first kappa shape index (κ1) is 20.4. The monoisotopic (exact) mass is 426 g/mol. The molecule has 28 heavy (non-hydrogen) atoms. The number of nitrogens with zero attached hydrogens (tertiary/aromatic N) is 3. The van der Waals surface area contributed by atoms with Crippen molar-refractivity contribution < 1.29 is 18.0 Å². The van der Waals surface area contributed by atoms with Gasteiger partial charge in [-0.05, 0) is 43.5 Å². The molecular formula is C18H17F3N4OS2. The van der Waals surface area contributed by atoms with Crippen molar-refractivity contribution in [3.8, 4) is 10.7 Å². The third kappa shape index (κ3) is 4.74. The van der Waals surface area contributed by atoms with Crippen LogP contribution in [0.15, 0.2) is 46.9 Å². The molecule has 0 atom stereocenters. The van der Waals surface area contributed by atoms with Crippen LogP contribution in [0, 0.1) is 0 Å². The van der Waals surface area contributed by atoms with Crippen molar-refractivity contribution in [3.05, 3.63) is 47.3 Å². The van der Waals surface area contributed by atoms with Gasteiger partial charge in [0.15, 0.2) is 11.0 Å². The highest BCUT2D eigenvalue weighted by molar-refractivity contribution is 7.99. The summed E-state index contributed by atoms with van der Waals surface area (Å²) in [6.45, 7) is 3.99. The molecule has 1 N–H and O–H groups in total. The Morgan fingerprint density at radius 1 is 1.25 bits per heavy atom. The molecule has 2 aromatic heterocycles. The fourth-order valence-electron chi connectivity index (χ4n) is 2.52. The van der Waals surface area contributed by atoms with Crippen LogP contribution in [-0.4, -0.2) is 26.4 Å². The number of hydrogen-bond donors (Lipinski definition) is 1. The number of benzene rings is 1. The highest BCUT2D eigenvalue weighted by Gasteiger charge is 2.30. The van der Waals surface area contributed by atoms with Crippen molar-refractivity contribution in [2.75, 3.05) is 11.1 Å². The number of amides is 1. The normalized spacial score (nSPS) is 11.8. The zero-order chi connectivity index (χ0) is 20.3. The van der Waals surface area contributed by atoms with Crippen LogP contribution in [0.3, 0.4) is 0 Å². The molecular weight excluding hydrogens is 409 g/mol. The molecule has 0 saturated carbocycles. The molecule has 5 nitrogen and oxygen atoms in total. The maximum Gasteiger partial charge on any atom is 0.416 e. The molecule has 0 aliphatic carbocycles. The Balaban J connectivity index is 1.69. The van der Waals surface area contributed by atoms with E-state index in [-0.39, 0.29) is 17.5 Å². The van der Waals surface area contributed by atoms with Crippen LogP contribution in [-0.2, 0) is 11.0 Å². The number of alkyl halides is 3. The van der Waals surface area contributed by atoms with Crippen molar-refractivity contribution >= 4 is 34.7 Å². The highest BCUT2D eigenvalue weighted by Crippen LogP contribution is 2.32. The van der Waals surface area contributed by atoms with E-state index in [9.17, 15) is 18.0 Å². The predicted octanol–water partition coefficient (Wildman–Crippen LogP) is 5.34. The minimum absolute atomic E-state index is 0.00550. The summed E-state index contributed by atoms with van der Waals surface area (Å²) in [6, 6.07) is 8.51. The van der Waals surface area contributed by atoms with Crippen LogP contribution in [0.5, 0.6) is 0 Å². The smallest absolute Gasteiger partial charge is 0.325 e. The van der Waals surface area contributed by atoms with Crippen LogP contribution in [0.25, 0.3) is 10.7 Å². The van der Waals surface area contributed by atoms with Gasteiger partial charge >= 0.3 is 6.18 Å². The zero-order valence-electron chi connectivity index (χ0n) is 15.0. The van der Waals surface area contributed by atoms with Gasteiger partial charge < -0.3 is 5.32 Å². The number of hydrogen-bond acceptors (Lipinski definition) is 5. The Hall–Kier alpha value is -2.33. The minimum atomic E-state index is -4.46. The number of thiophene rings is 1. The highest BCUT2D eigenvalue weighted by atomic mass is 32.2. The van der Waals surface area contributed by atoms with Crippen molar-refractivity contribution in [2.45, 2.75) is 31.2 Å². The van der Waals surface area contributed by atoms with Crippen LogP contribution < -0.4 is 5.32 Å². The van der Waals surface area contributed by atoms with Gasteiger partial charge in [0, 0.05) is 11.7 Å². The average molecular weight is 426 g/mol. The first-order valence-corrected chi connectivity index (χ1v) is 10.2. The quantitative estimate of drug-likeness (QED) is 0.541. The molecule has 0 aliphatic heterocycles. The summed E-state index contributed by atoms with van der Waals surface area (Å²) in [6.07, 6.45) is -4.46. The van der Waals surface area contributed by atoms with Crippen molar-refractivity contribution in [1.29, 1.82) is 0 Å². The summed E-state index contributed by atoms with van der Waals surface area (Å²) in [5.74, 6) is 0.317. The van der Waals surface area contributed by atoms with E-state index >= 15 is 0 Å². The lowest BCUT2D eigenvalue weighted by molar-refractivity contribution is -0.137. The van der Waals surface area contributed by atoms with E-state index in [1.807, 2.05) is 35.9 Å². The lowest BCUT2D eigenvalue weighted by atomic mass is 10.2. The van der Waals surface area contributed by atoms with Crippen LogP contribution in [0.2, 0.25) is 0 Å². The van der Waals surface area contributed by atoms with Crippen LogP contribution in [0.4, 0.5) is 18.9 Å². The second-order valence-corrected chi connectivity index (χ2v) is 8.05. The van der Waals surface area contributed by atoms with Gasteiger partial charge in [0.05, 0.1) is 16.2 Å². The van der Waals surface area contributed by atoms with Crippen LogP contribution in [0.1, 0.15) is 25.5 Å². The summed E-state index contributed by atoms with van der Waals surface area (Å²) in [4.78, 5) is 13.2. The molecule has 0 saturated heterocycles. The summed E-state index contributed by atoms with van der Waals surface area (Å²) in [7, 11) is 0. The first-order chi connectivity index (χ1) is 13.3. The van der Waals surface area contributed by atoms with Gasteiger partial charge in [0.25, 0.3) is 0 Å². The number of aromatic nitrogens is 3. The Labute approximate surface area is 168 Å². The Kier molecular flexibility index (Phi) is 6.09. The second-order valence-electron chi connectivity index (χ2n) is 6.16. The number of thioether (sulfide) groups is 1. The molecule has 148 valence electrons.